The molecule has 0 aromatic carbocycles. The van der Waals surface area contributed by atoms with Crippen molar-refractivity contribution in [3.63, 3.8) is 0 Å². The summed E-state index contributed by atoms with van der Waals surface area (Å²) < 4.78 is 0. The van der Waals surface area contributed by atoms with Gasteiger partial charge < -0.3 is 10.0 Å². The zero-order chi connectivity index (χ0) is 15.1. The van der Waals surface area contributed by atoms with Crippen LogP contribution >= 0.6 is 11.3 Å². The number of aryl methyl sites for hydroxylation is 1. The number of thiophene rings is 1. The third-order valence-corrected chi connectivity index (χ3v) is 5.72. The first-order valence-corrected chi connectivity index (χ1v) is 8.03. The van der Waals surface area contributed by atoms with Crippen LogP contribution in [0.2, 0.25) is 0 Å². The number of carboxylic acids is 1. The van der Waals surface area contributed by atoms with Gasteiger partial charge in [-0.25, -0.2) is 14.8 Å². The van der Waals surface area contributed by atoms with Crippen molar-refractivity contribution in [2.75, 3.05) is 18.0 Å². The molecule has 0 spiro atoms. The second-order valence-electron chi connectivity index (χ2n) is 5.93. The average molecular weight is 305 g/mol. The number of carboxylic acid groups (broad SMARTS) is 1. The highest BCUT2D eigenvalue weighted by Crippen LogP contribution is 2.36. The summed E-state index contributed by atoms with van der Waals surface area (Å²) in [6.07, 6.45) is 2.68. The molecule has 1 aliphatic rings. The standard InChI is InChI=1S/C15H19N3O2S/c1-8-4-5-18(6-9(8)2)13-11-10(3)12(15(19)20)21-14(11)17-7-16-13/h7-9H,4-6H2,1-3H3,(H,19,20). The molecule has 2 aromatic rings. The lowest BCUT2D eigenvalue weighted by Crippen LogP contribution is -2.39. The zero-order valence-corrected chi connectivity index (χ0v) is 13.3. The molecule has 2 aromatic heterocycles. The van der Waals surface area contributed by atoms with E-state index >= 15 is 0 Å². The van der Waals surface area contributed by atoms with Crippen molar-refractivity contribution in [3.8, 4) is 0 Å². The van der Waals surface area contributed by atoms with Crippen LogP contribution in [0.25, 0.3) is 10.2 Å². The minimum absolute atomic E-state index is 0.366. The highest BCUT2D eigenvalue weighted by Gasteiger charge is 2.27. The maximum Gasteiger partial charge on any atom is 0.346 e. The molecular formula is C15H19N3O2S. The van der Waals surface area contributed by atoms with Crippen molar-refractivity contribution in [2.45, 2.75) is 27.2 Å². The Kier molecular flexibility index (Phi) is 3.57. The number of hydrogen-bond acceptors (Lipinski definition) is 5. The molecule has 0 saturated carbocycles. The maximum atomic E-state index is 11.3. The third kappa shape index (κ3) is 2.37. The van der Waals surface area contributed by atoms with Gasteiger partial charge in [-0.2, -0.15) is 0 Å². The minimum atomic E-state index is -0.887. The van der Waals surface area contributed by atoms with Gasteiger partial charge in [-0.1, -0.05) is 13.8 Å². The molecule has 1 N–H and O–H groups in total. The topological polar surface area (TPSA) is 66.3 Å². The summed E-state index contributed by atoms with van der Waals surface area (Å²) in [5, 5.41) is 10.2. The van der Waals surface area contributed by atoms with Gasteiger partial charge >= 0.3 is 5.97 Å². The predicted octanol–water partition coefficient (Wildman–Crippen LogP) is 3.18. The first-order chi connectivity index (χ1) is 9.99. The van der Waals surface area contributed by atoms with E-state index in [2.05, 4.69) is 28.7 Å². The van der Waals surface area contributed by atoms with Gasteiger partial charge in [0.15, 0.2) is 0 Å². The molecule has 0 aliphatic carbocycles. The smallest absolute Gasteiger partial charge is 0.346 e. The second kappa shape index (κ2) is 5.26. The fourth-order valence-electron chi connectivity index (χ4n) is 2.95. The number of rotatable bonds is 2. The first kappa shape index (κ1) is 14.3. The summed E-state index contributed by atoms with van der Waals surface area (Å²) in [5.41, 5.74) is 0.782. The van der Waals surface area contributed by atoms with E-state index < -0.39 is 5.97 Å². The van der Waals surface area contributed by atoms with Gasteiger partial charge in [0.1, 0.15) is 21.9 Å². The van der Waals surface area contributed by atoms with Crippen molar-refractivity contribution in [1.82, 2.24) is 9.97 Å². The van der Waals surface area contributed by atoms with Crippen molar-refractivity contribution < 1.29 is 9.90 Å². The molecule has 2 atom stereocenters. The number of fused-ring (bicyclic) bond motifs is 1. The number of hydrogen-bond donors (Lipinski definition) is 1. The first-order valence-electron chi connectivity index (χ1n) is 7.21. The molecule has 1 saturated heterocycles. The van der Waals surface area contributed by atoms with E-state index in [-0.39, 0.29) is 0 Å². The van der Waals surface area contributed by atoms with Gasteiger partial charge in [0, 0.05) is 13.1 Å². The Morgan fingerprint density at radius 2 is 2.14 bits per heavy atom. The average Bonchev–Trinajstić information content (AvgIpc) is 2.80. The molecule has 3 heterocycles. The highest BCUT2D eigenvalue weighted by molar-refractivity contribution is 7.20. The van der Waals surface area contributed by atoms with E-state index in [1.165, 1.54) is 11.3 Å². The van der Waals surface area contributed by atoms with E-state index in [0.29, 0.717) is 10.8 Å². The molecule has 0 amide bonds. The molecule has 2 unspecified atom stereocenters. The third-order valence-electron chi connectivity index (χ3n) is 4.53. The van der Waals surface area contributed by atoms with Crippen molar-refractivity contribution in [1.29, 1.82) is 0 Å². The van der Waals surface area contributed by atoms with Gasteiger partial charge in [0.25, 0.3) is 0 Å². The molecule has 21 heavy (non-hydrogen) atoms. The van der Waals surface area contributed by atoms with Gasteiger partial charge in [-0.3, -0.25) is 0 Å². The number of aromatic carboxylic acids is 1. The Labute approximate surface area is 127 Å². The van der Waals surface area contributed by atoms with Crippen LogP contribution in [0.1, 0.15) is 35.5 Å². The summed E-state index contributed by atoms with van der Waals surface area (Å²) in [5.74, 6) is 1.33. The largest absolute Gasteiger partial charge is 0.477 e. The lowest BCUT2D eigenvalue weighted by Gasteiger charge is -2.36. The lowest BCUT2D eigenvalue weighted by molar-refractivity contribution is 0.0701. The number of piperidine rings is 1. The molecule has 0 radical (unpaired) electrons. The predicted molar refractivity (Wildman–Crippen MR) is 84.3 cm³/mol. The van der Waals surface area contributed by atoms with Crippen LogP contribution in [0.5, 0.6) is 0 Å². The Hall–Kier alpha value is -1.69. The summed E-state index contributed by atoms with van der Waals surface area (Å²) in [4.78, 5) is 23.4. The van der Waals surface area contributed by atoms with Crippen molar-refractivity contribution in [2.24, 2.45) is 11.8 Å². The number of nitrogens with zero attached hydrogens (tertiary/aromatic N) is 3. The Morgan fingerprint density at radius 3 is 2.81 bits per heavy atom. The van der Waals surface area contributed by atoms with Crippen molar-refractivity contribution in [3.05, 3.63) is 16.8 Å². The highest BCUT2D eigenvalue weighted by atomic mass is 32.1. The monoisotopic (exact) mass is 305 g/mol. The van der Waals surface area contributed by atoms with Crippen molar-refractivity contribution >= 4 is 33.3 Å². The fourth-order valence-corrected chi connectivity index (χ4v) is 3.93. The maximum absolute atomic E-state index is 11.3. The Balaban J connectivity index is 2.09. The summed E-state index contributed by atoms with van der Waals surface area (Å²) in [6.45, 7) is 8.33. The molecule has 3 rings (SSSR count). The lowest BCUT2D eigenvalue weighted by atomic mass is 9.88. The summed E-state index contributed by atoms with van der Waals surface area (Å²) in [6, 6.07) is 0. The van der Waals surface area contributed by atoms with E-state index in [1.807, 2.05) is 6.92 Å². The quantitative estimate of drug-likeness (QED) is 0.923. The van der Waals surface area contributed by atoms with Crippen LogP contribution in [-0.2, 0) is 0 Å². The van der Waals surface area contributed by atoms with Crippen LogP contribution in [0.15, 0.2) is 6.33 Å². The van der Waals surface area contributed by atoms with Crippen LogP contribution < -0.4 is 4.90 Å². The van der Waals surface area contributed by atoms with Gasteiger partial charge in [-0.05, 0) is 30.7 Å². The van der Waals surface area contributed by atoms with E-state index in [4.69, 9.17) is 0 Å². The number of carbonyl (C=O) groups is 1. The van der Waals surface area contributed by atoms with Gasteiger partial charge in [0.05, 0.1) is 5.39 Å². The second-order valence-corrected chi connectivity index (χ2v) is 6.93. The molecular weight excluding hydrogens is 286 g/mol. The van der Waals surface area contributed by atoms with Crippen LogP contribution in [-0.4, -0.2) is 34.1 Å². The molecule has 6 heteroatoms. The van der Waals surface area contributed by atoms with E-state index in [9.17, 15) is 9.90 Å². The summed E-state index contributed by atoms with van der Waals surface area (Å²) in [7, 11) is 0. The number of anilines is 1. The fraction of sp³-hybridized carbons (Fsp3) is 0.533. The normalized spacial score (nSPS) is 22.7. The van der Waals surface area contributed by atoms with Crippen LogP contribution in [0.4, 0.5) is 5.82 Å². The van der Waals surface area contributed by atoms with Gasteiger partial charge in [-0.15, -0.1) is 11.3 Å². The molecule has 1 fully saturated rings. The van der Waals surface area contributed by atoms with Crippen LogP contribution in [0.3, 0.4) is 0 Å². The van der Waals surface area contributed by atoms with E-state index in [0.717, 1.165) is 47.0 Å². The SMILES string of the molecule is Cc1c(C(=O)O)sc2ncnc(N3CCC(C)C(C)C3)c12. The minimum Gasteiger partial charge on any atom is -0.477 e. The van der Waals surface area contributed by atoms with Gasteiger partial charge in [0.2, 0.25) is 0 Å². The van der Waals surface area contributed by atoms with E-state index in [1.54, 1.807) is 6.33 Å². The zero-order valence-electron chi connectivity index (χ0n) is 12.5. The molecule has 112 valence electrons. The molecule has 5 nitrogen and oxygen atoms in total. The molecule has 0 bridgehead atoms. The van der Waals surface area contributed by atoms with Crippen LogP contribution in [0, 0.1) is 18.8 Å². The molecule has 1 aliphatic heterocycles. The number of aromatic nitrogens is 2. The Bertz CT molecular complexity index is 698. The Morgan fingerprint density at radius 1 is 1.38 bits per heavy atom. The summed E-state index contributed by atoms with van der Waals surface area (Å²) >= 11 is 1.23.